The zero-order chi connectivity index (χ0) is 14.7. The molecule has 1 aromatic heterocycles. The Labute approximate surface area is 116 Å². The van der Waals surface area contributed by atoms with Gasteiger partial charge in [0, 0.05) is 11.8 Å². The first-order chi connectivity index (χ1) is 8.67. The van der Waals surface area contributed by atoms with Gasteiger partial charge in [-0.25, -0.2) is 4.98 Å². The number of nitrogens with zero attached hydrogens (tertiary/aromatic N) is 2. The van der Waals surface area contributed by atoms with Gasteiger partial charge < -0.3 is 9.53 Å². The first-order valence-electron chi connectivity index (χ1n) is 6.35. The van der Waals surface area contributed by atoms with E-state index in [1.165, 1.54) is 6.20 Å². The lowest BCUT2D eigenvalue weighted by Crippen LogP contribution is -2.41. The number of nitriles is 1. The Morgan fingerprint density at radius 3 is 2.47 bits per heavy atom. The monoisotopic (exact) mass is 278 g/mol. The lowest BCUT2D eigenvalue weighted by Gasteiger charge is -2.36. The van der Waals surface area contributed by atoms with Crippen molar-refractivity contribution in [1.29, 1.82) is 5.26 Å². The van der Waals surface area contributed by atoms with Crippen LogP contribution in [0.4, 0.5) is 0 Å². The molecule has 0 aliphatic heterocycles. The Morgan fingerprint density at radius 1 is 1.42 bits per heavy atom. The molecule has 1 rings (SSSR count). The summed E-state index contributed by atoms with van der Waals surface area (Å²) in [7, 11) is -1.85. The molecule has 0 bridgehead atoms. The molecule has 0 aliphatic rings. The lowest BCUT2D eigenvalue weighted by molar-refractivity contribution is 0.100. The fourth-order valence-electron chi connectivity index (χ4n) is 1.27. The van der Waals surface area contributed by atoms with Crippen LogP contribution in [0.15, 0.2) is 18.3 Å². The van der Waals surface area contributed by atoms with Crippen LogP contribution in [0.3, 0.4) is 0 Å². The molecule has 1 atom stereocenters. The van der Waals surface area contributed by atoms with Crippen LogP contribution in [-0.4, -0.2) is 25.0 Å². The SMILES string of the molecule is CC(C)(C)[Si](C)(C)OCC(O)c1ccc(C#N)nc1. The number of hydrogen-bond acceptors (Lipinski definition) is 4. The van der Waals surface area contributed by atoms with E-state index in [0.29, 0.717) is 11.3 Å². The van der Waals surface area contributed by atoms with Crippen molar-refractivity contribution in [3.05, 3.63) is 29.6 Å². The first kappa shape index (κ1) is 15.8. The molecular weight excluding hydrogens is 256 g/mol. The van der Waals surface area contributed by atoms with Crippen molar-refractivity contribution < 1.29 is 9.53 Å². The van der Waals surface area contributed by atoms with Gasteiger partial charge in [-0.2, -0.15) is 5.26 Å². The molecule has 19 heavy (non-hydrogen) atoms. The maximum atomic E-state index is 10.1. The van der Waals surface area contributed by atoms with Crippen molar-refractivity contribution in [2.45, 2.75) is 45.0 Å². The molecule has 1 unspecified atom stereocenters. The van der Waals surface area contributed by atoms with Crippen LogP contribution < -0.4 is 0 Å². The molecule has 0 saturated heterocycles. The predicted octanol–water partition coefficient (Wildman–Crippen LogP) is 3.01. The van der Waals surface area contributed by atoms with E-state index in [4.69, 9.17) is 9.69 Å². The maximum absolute atomic E-state index is 10.1. The molecule has 1 heterocycles. The second-order valence-corrected chi connectivity index (χ2v) is 11.0. The predicted molar refractivity (Wildman–Crippen MR) is 77.1 cm³/mol. The van der Waals surface area contributed by atoms with Crippen LogP contribution in [0, 0.1) is 11.3 Å². The van der Waals surface area contributed by atoms with E-state index >= 15 is 0 Å². The Kier molecular flexibility index (Phi) is 4.85. The highest BCUT2D eigenvalue weighted by molar-refractivity contribution is 6.74. The summed E-state index contributed by atoms with van der Waals surface area (Å²) in [4.78, 5) is 3.95. The second kappa shape index (κ2) is 5.82. The average molecular weight is 278 g/mol. The van der Waals surface area contributed by atoms with E-state index in [9.17, 15) is 5.11 Å². The van der Waals surface area contributed by atoms with Crippen LogP contribution in [0.2, 0.25) is 18.1 Å². The normalized spacial score (nSPS) is 13.9. The molecule has 0 radical (unpaired) electrons. The average Bonchev–Trinajstić information content (AvgIpc) is 2.35. The summed E-state index contributed by atoms with van der Waals surface area (Å²) in [6.07, 6.45) is 0.826. The van der Waals surface area contributed by atoms with Gasteiger partial charge in [0.25, 0.3) is 0 Å². The smallest absolute Gasteiger partial charge is 0.192 e. The van der Waals surface area contributed by atoms with Crippen LogP contribution in [0.1, 0.15) is 38.1 Å². The molecule has 104 valence electrons. The molecule has 0 aliphatic carbocycles. The van der Waals surface area contributed by atoms with Gasteiger partial charge in [-0.1, -0.05) is 26.8 Å². The van der Waals surface area contributed by atoms with Gasteiger partial charge in [0.05, 0.1) is 6.61 Å². The topological polar surface area (TPSA) is 66.1 Å². The third-order valence-electron chi connectivity index (χ3n) is 3.69. The molecule has 1 aromatic rings. The second-order valence-electron chi connectivity index (χ2n) is 6.18. The number of rotatable bonds is 4. The molecule has 0 aromatic carbocycles. The van der Waals surface area contributed by atoms with Gasteiger partial charge in [0.1, 0.15) is 17.9 Å². The van der Waals surface area contributed by atoms with Gasteiger partial charge in [0.2, 0.25) is 0 Å². The van der Waals surface area contributed by atoms with Crippen molar-refractivity contribution in [3.63, 3.8) is 0 Å². The highest BCUT2D eigenvalue weighted by Gasteiger charge is 2.37. The van der Waals surface area contributed by atoms with Crippen molar-refractivity contribution in [2.24, 2.45) is 0 Å². The van der Waals surface area contributed by atoms with Crippen molar-refractivity contribution in [1.82, 2.24) is 4.98 Å². The number of aliphatic hydroxyl groups excluding tert-OH is 1. The fraction of sp³-hybridized carbons (Fsp3) is 0.571. The summed E-state index contributed by atoms with van der Waals surface area (Å²) >= 11 is 0. The quantitative estimate of drug-likeness (QED) is 0.860. The summed E-state index contributed by atoms with van der Waals surface area (Å²) < 4.78 is 5.96. The van der Waals surface area contributed by atoms with E-state index < -0.39 is 14.4 Å². The molecule has 0 fully saturated rings. The van der Waals surface area contributed by atoms with E-state index in [1.807, 2.05) is 6.07 Å². The number of pyridine rings is 1. The molecule has 1 N–H and O–H groups in total. The molecule has 0 spiro atoms. The van der Waals surface area contributed by atoms with Crippen molar-refractivity contribution in [3.8, 4) is 6.07 Å². The zero-order valence-corrected chi connectivity index (χ0v) is 13.3. The Morgan fingerprint density at radius 2 is 2.05 bits per heavy atom. The lowest BCUT2D eigenvalue weighted by atomic mass is 10.1. The van der Waals surface area contributed by atoms with Crippen molar-refractivity contribution >= 4 is 8.32 Å². The van der Waals surface area contributed by atoms with Crippen LogP contribution in [0.5, 0.6) is 0 Å². The van der Waals surface area contributed by atoms with E-state index in [1.54, 1.807) is 12.1 Å². The number of hydrogen-bond donors (Lipinski definition) is 1. The highest BCUT2D eigenvalue weighted by Crippen LogP contribution is 2.37. The van der Waals surface area contributed by atoms with Crippen LogP contribution in [-0.2, 0) is 4.43 Å². The maximum Gasteiger partial charge on any atom is 0.192 e. The van der Waals surface area contributed by atoms with Crippen LogP contribution in [0.25, 0.3) is 0 Å². The van der Waals surface area contributed by atoms with Crippen LogP contribution >= 0.6 is 0 Å². The minimum Gasteiger partial charge on any atom is -0.414 e. The number of aliphatic hydroxyl groups is 1. The third-order valence-corrected chi connectivity index (χ3v) is 8.19. The largest absolute Gasteiger partial charge is 0.414 e. The summed E-state index contributed by atoms with van der Waals surface area (Å²) in [5.41, 5.74) is 1.03. The van der Waals surface area contributed by atoms with E-state index in [0.717, 1.165) is 0 Å². The van der Waals surface area contributed by atoms with Gasteiger partial charge in [-0.15, -0.1) is 0 Å². The van der Waals surface area contributed by atoms with Gasteiger partial charge >= 0.3 is 0 Å². The third kappa shape index (κ3) is 4.13. The Hall–Kier alpha value is -1.22. The Bertz CT molecular complexity index is 458. The summed E-state index contributed by atoms with van der Waals surface area (Å²) in [6, 6.07) is 5.27. The summed E-state index contributed by atoms with van der Waals surface area (Å²) in [6.45, 7) is 11.1. The van der Waals surface area contributed by atoms with E-state index in [-0.39, 0.29) is 11.6 Å². The standard InChI is InChI=1S/C14H22N2O2Si/c1-14(2,3)19(4,5)18-10-13(17)11-6-7-12(8-15)16-9-11/h6-7,9,13,17H,10H2,1-5H3. The van der Waals surface area contributed by atoms with Gasteiger partial charge in [-0.05, 0) is 24.2 Å². The number of aromatic nitrogens is 1. The molecular formula is C14H22N2O2Si. The highest BCUT2D eigenvalue weighted by atomic mass is 28.4. The molecule has 5 heteroatoms. The van der Waals surface area contributed by atoms with Crippen molar-refractivity contribution in [2.75, 3.05) is 6.61 Å². The molecule has 4 nitrogen and oxygen atoms in total. The Balaban J connectivity index is 2.65. The molecule has 0 amide bonds. The van der Waals surface area contributed by atoms with E-state index in [2.05, 4.69) is 38.8 Å². The molecule has 0 saturated carbocycles. The minimum atomic E-state index is -1.85. The summed E-state index contributed by atoms with van der Waals surface area (Å²) in [5.74, 6) is 0. The zero-order valence-electron chi connectivity index (χ0n) is 12.3. The summed E-state index contributed by atoms with van der Waals surface area (Å²) in [5, 5.41) is 18.9. The minimum absolute atomic E-state index is 0.121. The first-order valence-corrected chi connectivity index (χ1v) is 9.26. The fourth-order valence-corrected chi connectivity index (χ4v) is 2.28. The van der Waals surface area contributed by atoms with Gasteiger partial charge in [0.15, 0.2) is 8.32 Å². The van der Waals surface area contributed by atoms with Gasteiger partial charge in [-0.3, -0.25) is 0 Å².